The summed E-state index contributed by atoms with van der Waals surface area (Å²) in [7, 11) is 5.27. The molecule has 1 aliphatic heterocycles. The van der Waals surface area contributed by atoms with E-state index in [1.807, 2.05) is 19.0 Å². The first-order valence-corrected chi connectivity index (χ1v) is 7.74. The molecule has 2 N–H and O–H groups in total. The number of alkyl halides is 2. The van der Waals surface area contributed by atoms with Gasteiger partial charge in [-0.05, 0) is 20.5 Å². The number of ether oxygens (including phenoxy) is 3. The van der Waals surface area contributed by atoms with Crippen LogP contribution in [0, 0.1) is 0 Å². The summed E-state index contributed by atoms with van der Waals surface area (Å²) in [5.41, 5.74) is 1.19. The summed E-state index contributed by atoms with van der Waals surface area (Å²) in [6, 6.07) is 3.30. The molecule has 0 bridgehead atoms. The van der Waals surface area contributed by atoms with Crippen LogP contribution in [0.1, 0.15) is 17.5 Å². The molecule has 8 heteroatoms. The molecule has 0 amide bonds. The maximum Gasteiger partial charge on any atom is 0.586 e. The largest absolute Gasteiger partial charge is 0.586 e. The number of nitrogens with zero attached hydrogens (tertiary/aromatic N) is 1. The molecule has 1 unspecified atom stereocenters. The highest BCUT2D eigenvalue weighted by atomic mass is 19.3. The second kappa shape index (κ2) is 8.06. The summed E-state index contributed by atoms with van der Waals surface area (Å²) < 4.78 is 41.4. The van der Waals surface area contributed by atoms with Crippen molar-refractivity contribution in [3.05, 3.63) is 23.3 Å². The number of rotatable bonds is 9. The summed E-state index contributed by atoms with van der Waals surface area (Å²) in [6.45, 7) is 1.16. The predicted molar refractivity (Wildman–Crippen MR) is 84.2 cm³/mol. The van der Waals surface area contributed by atoms with Gasteiger partial charge in [0.25, 0.3) is 0 Å². The molecular formula is C16H24F2N2O4. The molecule has 1 heterocycles. The van der Waals surface area contributed by atoms with Crippen molar-refractivity contribution in [2.75, 3.05) is 34.4 Å². The van der Waals surface area contributed by atoms with Crippen molar-refractivity contribution < 1.29 is 28.1 Å². The minimum Gasteiger partial charge on any atom is -0.395 e. The second-order valence-electron chi connectivity index (χ2n) is 5.99. The first-order valence-electron chi connectivity index (χ1n) is 7.74. The van der Waals surface area contributed by atoms with Gasteiger partial charge >= 0.3 is 6.29 Å². The molecule has 2 rings (SSSR count). The van der Waals surface area contributed by atoms with E-state index in [0.29, 0.717) is 30.7 Å². The smallest absolute Gasteiger partial charge is 0.395 e. The van der Waals surface area contributed by atoms with Crippen LogP contribution in [-0.4, -0.2) is 56.8 Å². The zero-order valence-electron chi connectivity index (χ0n) is 14.1. The monoisotopic (exact) mass is 346 g/mol. The zero-order valence-corrected chi connectivity index (χ0v) is 14.1. The van der Waals surface area contributed by atoms with Gasteiger partial charge in [0.15, 0.2) is 11.5 Å². The van der Waals surface area contributed by atoms with Crippen molar-refractivity contribution in [3.63, 3.8) is 0 Å². The predicted octanol–water partition coefficient (Wildman–Crippen LogP) is 1.56. The molecule has 1 atom stereocenters. The van der Waals surface area contributed by atoms with Crippen molar-refractivity contribution in [2.24, 2.45) is 0 Å². The van der Waals surface area contributed by atoms with E-state index in [4.69, 9.17) is 9.47 Å². The van der Waals surface area contributed by atoms with Crippen LogP contribution in [0.3, 0.4) is 0 Å². The number of hydrogen-bond donors (Lipinski definition) is 2. The van der Waals surface area contributed by atoms with Gasteiger partial charge in [0.1, 0.15) is 0 Å². The molecule has 136 valence electrons. The average Bonchev–Trinajstić information content (AvgIpc) is 2.84. The lowest BCUT2D eigenvalue weighted by Gasteiger charge is -2.17. The standard InChI is InChI=1S/C16H24F2N2O4/c1-20(2)9-12-5-4-11(8-19-13(10-21)6-7-22-3)14-15(12)24-16(17,18)23-14/h4-5,13,19,21H,6-10H2,1-3H3. The zero-order chi connectivity index (χ0) is 17.7. The van der Waals surface area contributed by atoms with Crippen LogP contribution in [0.15, 0.2) is 12.1 Å². The third-order valence-corrected chi connectivity index (χ3v) is 3.68. The summed E-state index contributed by atoms with van der Waals surface area (Å²) >= 11 is 0. The Balaban J connectivity index is 2.15. The first kappa shape index (κ1) is 18.9. The normalized spacial score (nSPS) is 16.6. The Morgan fingerprint density at radius 2 is 1.88 bits per heavy atom. The topological polar surface area (TPSA) is 63.2 Å². The lowest BCUT2D eigenvalue weighted by atomic mass is 10.1. The minimum absolute atomic E-state index is 0.0512. The Hall–Kier alpha value is -1.48. The molecular weight excluding hydrogens is 322 g/mol. The van der Waals surface area contributed by atoms with Crippen LogP contribution in [0.4, 0.5) is 8.78 Å². The first-order chi connectivity index (χ1) is 11.4. The van der Waals surface area contributed by atoms with Gasteiger partial charge < -0.3 is 29.5 Å². The van der Waals surface area contributed by atoms with Gasteiger partial charge in [-0.1, -0.05) is 12.1 Å². The van der Waals surface area contributed by atoms with Gasteiger partial charge in [-0.25, -0.2) is 0 Å². The third-order valence-electron chi connectivity index (χ3n) is 3.68. The van der Waals surface area contributed by atoms with E-state index in [1.165, 1.54) is 0 Å². The molecule has 24 heavy (non-hydrogen) atoms. The average molecular weight is 346 g/mol. The molecule has 0 saturated carbocycles. The van der Waals surface area contributed by atoms with Crippen LogP contribution in [0.2, 0.25) is 0 Å². The number of hydrogen-bond acceptors (Lipinski definition) is 6. The fourth-order valence-corrected chi connectivity index (χ4v) is 2.50. The fraction of sp³-hybridized carbons (Fsp3) is 0.625. The fourth-order valence-electron chi connectivity index (χ4n) is 2.50. The van der Waals surface area contributed by atoms with Crippen molar-refractivity contribution in [3.8, 4) is 11.5 Å². The Labute approximate surface area is 140 Å². The maximum atomic E-state index is 13.5. The Bertz CT molecular complexity index is 555. The van der Waals surface area contributed by atoms with Crippen LogP contribution in [0.5, 0.6) is 11.5 Å². The molecule has 1 aliphatic rings. The molecule has 1 aromatic carbocycles. The second-order valence-corrected chi connectivity index (χ2v) is 5.99. The third kappa shape index (κ3) is 4.76. The lowest BCUT2D eigenvalue weighted by Crippen LogP contribution is -2.33. The summed E-state index contributed by atoms with van der Waals surface area (Å²) in [5, 5.41) is 12.5. The Morgan fingerprint density at radius 3 is 2.46 bits per heavy atom. The van der Waals surface area contributed by atoms with E-state index in [1.54, 1.807) is 19.2 Å². The van der Waals surface area contributed by atoms with E-state index in [0.717, 1.165) is 0 Å². The number of fused-ring (bicyclic) bond motifs is 1. The molecule has 1 aromatic rings. The Morgan fingerprint density at radius 1 is 1.25 bits per heavy atom. The van der Waals surface area contributed by atoms with Gasteiger partial charge in [0.05, 0.1) is 6.61 Å². The van der Waals surface area contributed by atoms with E-state index < -0.39 is 6.29 Å². The van der Waals surface area contributed by atoms with Crippen molar-refractivity contribution in [1.29, 1.82) is 0 Å². The minimum atomic E-state index is -3.66. The van der Waals surface area contributed by atoms with E-state index in [9.17, 15) is 13.9 Å². The molecule has 0 saturated heterocycles. The van der Waals surface area contributed by atoms with E-state index >= 15 is 0 Å². The number of aliphatic hydroxyl groups is 1. The SMILES string of the molecule is COCCC(CO)NCc1ccc(CN(C)C)c2c1OC(F)(F)O2. The lowest BCUT2D eigenvalue weighted by molar-refractivity contribution is -0.287. The van der Waals surface area contributed by atoms with E-state index in [2.05, 4.69) is 10.1 Å². The van der Waals surface area contributed by atoms with Gasteiger partial charge in [-0.15, -0.1) is 8.78 Å². The highest BCUT2D eigenvalue weighted by molar-refractivity contribution is 5.54. The molecule has 0 radical (unpaired) electrons. The number of benzene rings is 1. The van der Waals surface area contributed by atoms with Gasteiger partial charge in [0.2, 0.25) is 0 Å². The van der Waals surface area contributed by atoms with Crippen LogP contribution >= 0.6 is 0 Å². The van der Waals surface area contributed by atoms with Crippen LogP contribution < -0.4 is 14.8 Å². The number of halogens is 2. The molecule has 0 aromatic heterocycles. The van der Waals surface area contributed by atoms with Gasteiger partial charge in [-0.3, -0.25) is 0 Å². The van der Waals surface area contributed by atoms with Crippen molar-refractivity contribution in [2.45, 2.75) is 31.8 Å². The van der Waals surface area contributed by atoms with Crippen LogP contribution in [0.25, 0.3) is 0 Å². The molecule has 0 spiro atoms. The summed E-state index contributed by atoms with van der Waals surface area (Å²) in [5.74, 6) is 0.126. The highest BCUT2D eigenvalue weighted by Crippen LogP contribution is 2.46. The molecule has 6 nitrogen and oxygen atoms in total. The number of aliphatic hydroxyl groups excluding tert-OH is 1. The van der Waals surface area contributed by atoms with Gasteiger partial charge in [0, 0.05) is 44.0 Å². The quantitative estimate of drug-likeness (QED) is 0.708. The van der Waals surface area contributed by atoms with E-state index in [-0.39, 0.29) is 30.7 Å². The summed E-state index contributed by atoms with van der Waals surface area (Å²) in [6.07, 6.45) is -3.05. The van der Waals surface area contributed by atoms with Crippen molar-refractivity contribution >= 4 is 0 Å². The van der Waals surface area contributed by atoms with Gasteiger partial charge in [-0.2, -0.15) is 0 Å². The molecule has 0 fully saturated rings. The summed E-state index contributed by atoms with van der Waals surface area (Å²) in [4.78, 5) is 1.86. The van der Waals surface area contributed by atoms with Crippen molar-refractivity contribution in [1.82, 2.24) is 10.2 Å². The number of methoxy groups -OCH3 is 1. The Kier molecular flexibility index (Phi) is 6.34. The van der Waals surface area contributed by atoms with Crippen LogP contribution in [-0.2, 0) is 17.8 Å². The highest BCUT2D eigenvalue weighted by Gasteiger charge is 2.45. The molecule has 0 aliphatic carbocycles. The maximum absolute atomic E-state index is 13.5. The number of nitrogens with one attached hydrogen (secondary N) is 1.